The first-order valence-electron chi connectivity index (χ1n) is 9.45. The van der Waals surface area contributed by atoms with E-state index < -0.39 is 12.1 Å². The number of rotatable bonds is 5. The molecule has 1 aromatic heterocycles. The first-order valence-corrected chi connectivity index (χ1v) is 10.7. The number of carbonyl (C=O) groups excluding carboxylic acids is 1. The van der Waals surface area contributed by atoms with Gasteiger partial charge in [0.15, 0.2) is 22.7 Å². The SMILES string of the molecule is CCOC(=O)c1c([C@H]2COc3ccccc3O2)csc1NC(=S)Nc1ccccc1. The Bertz CT molecular complexity index is 1050. The van der Waals surface area contributed by atoms with Crippen LogP contribution in [0.1, 0.15) is 28.9 Å². The third kappa shape index (κ3) is 4.39. The number of nitrogens with one attached hydrogen (secondary N) is 2. The van der Waals surface area contributed by atoms with Gasteiger partial charge in [0, 0.05) is 16.6 Å². The van der Waals surface area contributed by atoms with E-state index in [0.717, 1.165) is 5.69 Å². The second kappa shape index (κ2) is 9.15. The van der Waals surface area contributed by atoms with Crippen LogP contribution < -0.4 is 20.1 Å². The Morgan fingerprint density at radius 3 is 2.63 bits per heavy atom. The number of hydrogen-bond acceptors (Lipinski definition) is 6. The van der Waals surface area contributed by atoms with Crippen molar-refractivity contribution in [1.29, 1.82) is 0 Å². The van der Waals surface area contributed by atoms with E-state index in [9.17, 15) is 4.79 Å². The number of benzene rings is 2. The number of ether oxygens (including phenoxy) is 3. The molecule has 1 atom stereocenters. The van der Waals surface area contributed by atoms with Gasteiger partial charge in [0.2, 0.25) is 0 Å². The predicted molar refractivity (Wildman–Crippen MR) is 122 cm³/mol. The summed E-state index contributed by atoms with van der Waals surface area (Å²) >= 11 is 6.79. The zero-order chi connectivity index (χ0) is 20.9. The minimum Gasteiger partial charge on any atom is -0.485 e. The molecule has 0 radical (unpaired) electrons. The van der Waals surface area contributed by atoms with Crippen LogP contribution in [0.3, 0.4) is 0 Å². The summed E-state index contributed by atoms with van der Waals surface area (Å²) in [4.78, 5) is 12.8. The van der Waals surface area contributed by atoms with E-state index in [4.69, 9.17) is 26.4 Å². The third-order valence-electron chi connectivity index (χ3n) is 4.41. The minimum atomic E-state index is -0.429. The van der Waals surface area contributed by atoms with Crippen LogP contribution in [-0.4, -0.2) is 24.3 Å². The van der Waals surface area contributed by atoms with Crippen molar-refractivity contribution >= 4 is 45.3 Å². The summed E-state index contributed by atoms with van der Waals surface area (Å²) in [5.41, 5.74) is 1.97. The standard InChI is InChI=1S/C22H20N2O4S2/c1-2-26-21(25)19-15(18-12-27-16-10-6-7-11-17(16)28-18)13-30-20(19)24-22(29)23-14-8-4-3-5-9-14/h3-11,13,18H,2,12H2,1H3,(H2,23,24,29)/t18-/m1/s1. The van der Waals surface area contributed by atoms with Gasteiger partial charge in [0.25, 0.3) is 0 Å². The number of esters is 1. The third-order valence-corrected chi connectivity index (χ3v) is 5.53. The van der Waals surface area contributed by atoms with E-state index in [1.165, 1.54) is 11.3 Å². The second-order valence-corrected chi connectivity index (χ2v) is 7.71. The number of thiocarbonyl (C=S) groups is 1. The van der Waals surface area contributed by atoms with Crippen LogP contribution in [0.4, 0.5) is 10.7 Å². The van der Waals surface area contributed by atoms with Gasteiger partial charge in [-0.3, -0.25) is 0 Å². The van der Waals surface area contributed by atoms with Gasteiger partial charge < -0.3 is 24.8 Å². The van der Waals surface area contributed by atoms with E-state index in [1.807, 2.05) is 60.0 Å². The molecule has 4 rings (SSSR count). The number of carbonyl (C=O) groups is 1. The summed E-state index contributed by atoms with van der Waals surface area (Å²) < 4.78 is 17.2. The Hall–Kier alpha value is -3.10. The number of fused-ring (bicyclic) bond motifs is 1. The summed E-state index contributed by atoms with van der Waals surface area (Å²) in [5.74, 6) is 0.903. The summed E-state index contributed by atoms with van der Waals surface area (Å²) in [6.07, 6.45) is -0.429. The fraction of sp³-hybridized carbons (Fsp3) is 0.182. The zero-order valence-electron chi connectivity index (χ0n) is 16.2. The van der Waals surface area contributed by atoms with E-state index in [2.05, 4.69) is 10.6 Å². The first-order chi connectivity index (χ1) is 14.7. The molecule has 0 aliphatic carbocycles. The molecule has 3 aromatic rings. The molecule has 0 unspecified atom stereocenters. The minimum absolute atomic E-state index is 0.269. The Balaban J connectivity index is 1.58. The molecule has 8 heteroatoms. The fourth-order valence-electron chi connectivity index (χ4n) is 3.07. The van der Waals surface area contributed by atoms with E-state index >= 15 is 0 Å². The average molecular weight is 441 g/mol. The molecule has 30 heavy (non-hydrogen) atoms. The highest BCUT2D eigenvalue weighted by Crippen LogP contribution is 2.40. The van der Waals surface area contributed by atoms with Gasteiger partial charge in [-0.05, 0) is 43.4 Å². The van der Waals surface area contributed by atoms with Gasteiger partial charge in [-0.1, -0.05) is 30.3 Å². The molecule has 154 valence electrons. The van der Waals surface area contributed by atoms with Crippen LogP contribution in [0.15, 0.2) is 60.0 Å². The van der Waals surface area contributed by atoms with Crippen molar-refractivity contribution in [2.75, 3.05) is 23.8 Å². The van der Waals surface area contributed by atoms with Gasteiger partial charge in [0.1, 0.15) is 17.2 Å². The van der Waals surface area contributed by atoms with E-state index in [0.29, 0.717) is 39.3 Å². The highest BCUT2D eigenvalue weighted by atomic mass is 32.1. The lowest BCUT2D eigenvalue weighted by Crippen LogP contribution is -2.24. The lowest BCUT2D eigenvalue weighted by Gasteiger charge is -2.26. The molecule has 1 aliphatic heterocycles. The molecule has 6 nitrogen and oxygen atoms in total. The van der Waals surface area contributed by atoms with Crippen molar-refractivity contribution in [3.05, 3.63) is 71.1 Å². The van der Waals surface area contributed by atoms with Crippen LogP contribution in [0.2, 0.25) is 0 Å². The summed E-state index contributed by atoms with van der Waals surface area (Å²) in [5, 5.41) is 9.08. The molecular weight excluding hydrogens is 420 g/mol. The molecule has 2 aromatic carbocycles. The first kappa shape index (κ1) is 20.2. The average Bonchev–Trinajstić information content (AvgIpc) is 3.17. The Morgan fingerprint density at radius 1 is 1.13 bits per heavy atom. The summed E-state index contributed by atoms with van der Waals surface area (Å²) in [6.45, 7) is 2.34. The lowest BCUT2D eigenvalue weighted by molar-refractivity contribution is 0.0513. The maximum absolute atomic E-state index is 12.8. The number of thiophene rings is 1. The monoisotopic (exact) mass is 440 g/mol. The quantitative estimate of drug-likeness (QED) is 0.415. The second-order valence-electron chi connectivity index (χ2n) is 6.43. The van der Waals surface area contributed by atoms with Crippen molar-refractivity contribution in [3.8, 4) is 11.5 Å². The molecule has 0 saturated heterocycles. The van der Waals surface area contributed by atoms with E-state index in [-0.39, 0.29) is 6.61 Å². The topological polar surface area (TPSA) is 68.8 Å². The number of hydrogen-bond donors (Lipinski definition) is 2. The van der Waals surface area contributed by atoms with Crippen LogP contribution in [0.25, 0.3) is 0 Å². The molecule has 0 amide bonds. The van der Waals surface area contributed by atoms with E-state index in [1.54, 1.807) is 6.92 Å². The molecule has 1 aliphatic rings. The zero-order valence-corrected chi connectivity index (χ0v) is 17.8. The van der Waals surface area contributed by atoms with Gasteiger partial charge in [-0.15, -0.1) is 11.3 Å². The normalized spacial score (nSPS) is 14.6. The Kier molecular flexibility index (Phi) is 6.15. The van der Waals surface area contributed by atoms with Crippen LogP contribution in [-0.2, 0) is 4.74 Å². The van der Waals surface area contributed by atoms with Crippen molar-refractivity contribution in [2.24, 2.45) is 0 Å². The summed E-state index contributed by atoms with van der Waals surface area (Å²) in [7, 11) is 0. The van der Waals surface area contributed by atoms with Crippen molar-refractivity contribution in [3.63, 3.8) is 0 Å². The fourth-order valence-corrected chi connectivity index (χ4v) is 4.35. The maximum atomic E-state index is 12.8. The smallest absolute Gasteiger partial charge is 0.341 e. The maximum Gasteiger partial charge on any atom is 0.341 e. The predicted octanol–water partition coefficient (Wildman–Crippen LogP) is 5.25. The van der Waals surface area contributed by atoms with Crippen molar-refractivity contribution < 1.29 is 19.0 Å². The molecular formula is C22H20N2O4S2. The molecule has 0 bridgehead atoms. The molecule has 2 heterocycles. The molecule has 2 N–H and O–H groups in total. The summed E-state index contributed by atoms with van der Waals surface area (Å²) in [6, 6.07) is 17.0. The van der Waals surface area contributed by atoms with Gasteiger partial charge >= 0.3 is 5.97 Å². The van der Waals surface area contributed by atoms with Gasteiger partial charge in [-0.2, -0.15) is 0 Å². The van der Waals surface area contributed by atoms with Crippen LogP contribution in [0, 0.1) is 0 Å². The van der Waals surface area contributed by atoms with Gasteiger partial charge in [-0.25, -0.2) is 4.79 Å². The largest absolute Gasteiger partial charge is 0.485 e. The molecule has 0 spiro atoms. The van der Waals surface area contributed by atoms with Crippen molar-refractivity contribution in [1.82, 2.24) is 0 Å². The van der Waals surface area contributed by atoms with Gasteiger partial charge in [0.05, 0.1) is 6.61 Å². The molecule has 0 fully saturated rings. The number of para-hydroxylation sites is 3. The Labute approximate surface area is 183 Å². The number of anilines is 2. The highest BCUT2D eigenvalue weighted by Gasteiger charge is 2.30. The lowest BCUT2D eigenvalue weighted by atomic mass is 10.1. The van der Waals surface area contributed by atoms with Crippen LogP contribution in [0.5, 0.6) is 11.5 Å². The Morgan fingerprint density at radius 2 is 1.87 bits per heavy atom. The van der Waals surface area contributed by atoms with Crippen LogP contribution >= 0.6 is 23.6 Å². The highest BCUT2D eigenvalue weighted by molar-refractivity contribution is 7.80. The molecule has 0 saturated carbocycles. The van der Waals surface area contributed by atoms with Crippen molar-refractivity contribution in [2.45, 2.75) is 13.0 Å².